The van der Waals surface area contributed by atoms with Crippen LogP contribution in [0, 0.1) is 5.92 Å². The monoisotopic (exact) mass is 257 g/mol. The number of nitrogens with zero attached hydrogens (tertiary/aromatic N) is 3. The van der Waals surface area contributed by atoms with Gasteiger partial charge >= 0.3 is 0 Å². The van der Waals surface area contributed by atoms with Crippen molar-refractivity contribution in [3.05, 3.63) is 5.28 Å². The minimum absolute atomic E-state index is 0.110. The van der Waals surface area contributed by atoms with Crippen molar-refractivity contribution >= 4 is 23.5 Å². The molecule has 0 bridgehead atoms. The summed E-state index contributed by atoms with van der Waals surface area (Å²) >= 11 is 5.72. The Balaban J connectivity index is 1.99. The highest BCUT2D eigenvalue weighted by Crippen LogP contribution is 2.21. The van der Waals surface area contributed by atoms with Crippen molar-refractivity contribution in [2.75, 3.05) is 24.3 Å². The molecule has 1 aromatic heterocycles. The SMILES string of the molecule is CC(Nc1nc(N)nc(Cl)n1)C1CCOCC1. The van der Waals surface area contributed by atoms with Gasteiger partial charge in [0.2, 0.25) is 17.2 Å². The van der Waals surface area contributed by atoms with Crippen LogP contribution in [0.4, 0.5) is 11.9 Å². The van der Waals surface area contributed by atoms with Gasteiger partial charge in [-0.2, -0.15) is 15.0 Å². The lowest BCUT2D eigenvalue weighted by Gasteiger charge is -2.28. The first-order valence-electron chi connectivity index (χ1n) is 5.66. The largest absolute Gasteiger partial charge is 0.381 e. The molecule has 1 unspecified atom stereocenters. The van der Waals surface area contributed by atoms with Crippen LogP contribution in [0.25, 0.3) is 0 Å². The highest BCUT2D eigenvalue weighted by atomic mass is 35.5. The number of ether oxygens (including phenoxy) is 1. The first kappa shape index (κ1) is 12.3. The summed E-state index contributed by atoms with van der Waals surface area (Å²) in [6.07, 6.45) is 2.09. The van der Waals surface area contributed by atoms with E-state index in [1.807, 2.05) is 0 Å². The van der Waals surface area contributed by atoms with Crippen molar-refractivity contribution in [2.45, 2.75) is 25.8 Å². The highest BCUT2D eigenvalue weighted by Gasteiger charge is 2.21. The van der Waals surface area contributed by atoms with Gasteiger partial charge in [-0.3, -0.25) is 0 Å². The number of nitrogens with two attached hydrogens (primary N) is 1. The fourth-order valence-electron chi connectivity index (χ4n) is 1.97. The second-order valence-electron chi connectivity index (χ2n) is 4.17. The van der Waals surface area contributed by atoms with Crippen LogP contribution in [0.2, 0.25) is 5.28 Å². The van der Waals surface area contributed by atoms with Crippen LogP contribution in [0.5, 0.6) is 0 Å². The molecule has 0 aromatic carbocycles. The number of nitrogens with one attached hydrogen (secondary N) is 1. The number of hydrogen-bond donors (Lipinski definition) is 2. The quantitative estimate of drug-likeness (QED) is 0.850. The molecule has 1 aliphatic heterocycles. The molecule has 0 amide bonds. The van der Waals surface area contributed by atoms with E-state index in [4.69, 9.17) is 22.1 Å². The van der Waals surface area contributed by atoms with Crippen LogP contribution in [-0.2, 0) is 4.74 Å². The average Bonchev–Trinajstić information content (AvgIpc) is 2.28. The molecule has 2 heterocycles. The third-order valence-electron chi connectivity index (χ3n) is 2.96. The van der Waals surface area contributed by atoms with Crippen molar-refractivity contribution in [1.29, 1.82) is 0 Å². The summed E-state index contributed by atoms with van der Waals surface area (Å²) in [7, 11) is 0. The Labute approximate surface area is 105 Å². The van der Waals surface area contributed by atoms with E-state index in [0.29, 0.717) is 11.9 Å². The zero-order valence-corrected chi connectivity index (χ0v) is 10.4. The summed E-state index contributed by atoms with van der Waals surface area (Å²) < 4.78 is 5.33. The lowest BCUT2D eigenvalue weighted by molar-refractivity contribution is 0.0621. The second kappa shape index (κ2) is 5.46. The Bertz CT molecular complexity index is 363. The van der Waals surface area contributed by atoms with Gasteiger partial charge in [0.25, 0.3) is 0 Å². The predicted octanol–water partition coefficient (Wildman–Crippen LogP) is 1.33. The van der Waals surface area contributed by atoms with Gasteiger partial charge in [-0.05, 0) is 37.3 Å². The van der Waals surface area contributed by atoms with Crippen molar-refractivity contribution in [3.8, 4) is 0 Å². The maximum absolute atomic E-state index is 5.72. The summed E-state index contributed by atoms with van der Waals surface area (Å²) in [4.78, 5) is 11.7. The van der Waals surface area contributed by atoms with Crippen LogP contribution in [-0.4, -0.2) is 34.2 Å². The minimum atomic E-state index is 0.110. The van der Waals surface area contributed by atoms with Crippen LogP contribution < -0.4 is 11.1 Å². The van der Waals surface area contributed by atoms with Crippen molar-refractivity contribution in [2.24, 2.45) is 5.92 Å². The molecule has 0 radical (unpaired) electrons. The molecule has 17 heavy (non-hydrogen) atoms. The smallest absolute Gasteiger partial charge is 0.229 e. The van der Waals surface area contributed by atoms with Gasteiger partial charge < -0.3 is 15.8 Å². The van der Waals surface area contributed by atoms with Crippen molar-refractivity contribution in [1.82, 2.24) is 15.0 Å². The molecule has 0 aliphatic carbocycles. The number of aromatic nitrogens is 3. The zero-order chi connectivity index (χ0) is 12.3. The fourth-order valence-corrected chi connectivity index (χ4v) is 2.13. The molecule has 1 aliphatic rings. The normalized spacial score (nSPS) is 18.9. The third-order valence-corrected chi connectivity index (χ3v) is 3.12. The Morgan fingerprint density at radius 3 is 2.71 bits per heavy atom. The molecule has 1 fully saturated rings. The molecule has 6 nitrogen and oxygen atoms in total. The van der Waals surface area contributed by atoms with E-state index in [2.05, 4.69) is 27.2 Å². The highest BCUT2D eigenvalue weighted by molar-refractivity contribution is 6.28. The van der Waals surface area contributed by atoms with Gasteiger partial charge in [0.15, 0.2) is 0 Å². The molecule has 94 valence electrons. The zero-order valence-electron chi connectivity index (χ0n) is 9.69. The number of hydrogen-bond acceptors (Lipinski definition) is 6. The summed E-state index contributed by atoms with van der Waals surface area (Å²) in [5.41, 5.74) is 5.51. The maximum Gasteiger partial charge on any atom is 0.229 e. The van der Waals surface area contributed by atoms with Crippen molar-refractivity contribution < 1.29 is 4.74 Å². The molecule has 1 atom stereocenters. The first-order chi connectivity index (χ1) is 8.15. The van der Waals surface area contributed by atoms with E-state index in [1.165, 1.54) is 0 Å². The molecule has 0 spiro atoms. The molecule has 3 N–H and O–H groups in total. The maximum atomic E-state index is 5.72. The molecular formula is C10H16ClN5O. The van der Waals surface area contributed by atoms with E-state index in [1.54, 1.807) is 0 Å². The van der Waals surface area contributed by atoms with E-state index >= 15 is 0 Å². The van der Waals surface area contributed by atoms with Gasteiger partial charge in [-0.1, -0.05) is 0 Å². The Hall–Kier alpha value is -1.14. The van der Waals surface area contributed by atoms with Crippen LogP contribution in [0.15, 0.2) is 0 Å². The van der Waals surface area contributed by atoms with Crippen molar-refractivity contribution in [3.63, 3.8) is 0 Å². The first-order valence-corrected chi connectivity index (χ1v) is 6.04. The molecular weight excluding hydrogens is 242 g/mol. The Morgan fingerprint density at radius 1 is 1.35 bits per heavy atom. The standard InChI is InChI=1S/C10H16ClN5O/c1-6(7-2-4-17-5-3-7)13-10-15-8(11)14-9(12)16-10/h6-7H,2-5H2,1H3,(H3,12,13,14,15,16). The molecule has 1 saturated heterocycles. The predicted molar refractivity (Wildman–Crippen MR) is 65.9 cm³/mol. The van der Waals surface area contributed by atoms with Crippen LogP contribution >= 0.6 is 11.6 Å². The van der Waals surface area contributed by atoms with Gasteiger partial charge in [0.1, 0.15) is 0 Å². The Kier molecular flexibility index (Phi) is 3.96. The lowest BCUT2D eigenvalue weighted by Crippen LogP contribution is -2.31. The lowest BCUT2D eigenvalue weighted by atomic mass is 9.93. The summed E-state index contributed by atoms with van der Waals surface area (Å²) in [6, 6.07) is 0.261. The number of halogens is 1. The molecule has 7 heteroatoms. The summed E-state index contributed by atoms with van der Waals surface area (Å²) in [5, 5.41) is 3.32. The third kappa shape index (κ3) is 3.41. The summed E-state index contributed by atoms with van der Waals surface area (Å²) in [6.45, 7) is 3.73. The van der Waals surface area contributed by atoms with Gasteiger partial charge in [0.05, 0.1) is 0 Å². The fraction of sp³-hybridized carbons (Fsp3) is 0.700. The second-order valence-corrected chi connectivity index (χ2v) is 4.51. The van der Waals surface area contributed by atoms with Gasteiger partial charge in [-0.25, -0.2) is 0 Å². The summed E-state index contributed by atoms with van der Waals surface area (Å²) in [5.74, 6) is 1.12. The Morgan fingerprint density at radius 2 is 2.06 bits per heavy atom. The van der Waals surface area contributed by atoms with Crippen LogP contribution in [0.3, 0.4) is 0 Å². The number of rotatable bonds is 3. The van der Waals surface area contributed by atoms with E-state index in [9.17, 15) is 0 Å². The number of anilines is 2. The van der Waals surface area contributed by atoms with E-state index in [-0.39, 0.29) is 17.3 Å². The van der Waals surface area contributed by atoms with E-state index in [0.717, 1.165) is 26.1 Å². The molecule has 1 aromatic rings. The average molecular weight is 258 g/mol. The van der Waals surface area contributed by atoms with Gasteiger partial charge in [0, 0.05) is 19.3 Å². The molecule has 0 saturated carbocycles. The van der Waals surface area contributed by atoms with Crippen LogP contribution in [0.1, 0.15) is 19.8 Å². The minimum Gasteiger partial charge on any atom is -0.381 e. The topological polar surface area (TPSA) is 86.0 Å². The van der Waals surface area contributed by atoms with Gasteiger partial charge in [-0.15, -0.1) is 0 Å². The number of nitrogen functional groups attached to an aromatic ring is 1. The molecule has 2 rings (SSSR count). The van der Waals surface area contributed by atoms with E-state index < -0.39 is 0 Å².